The number of likely N-dealkylation sites (tertiary alicyclic amines) is 1. The Hall–Kier alpha value is -2.79. The van der Waals surface area contributed by atoms with Crippen molar-refractivity contribution in [1.29, 1.82) is 0 Å². The summed E-state index contributed by atoms with van der Waals surface area (Å²) in [6.45, 7) is 10.00. The van der Waals surface area contributed by atoms with Crippen molar-refractivity contribution in [3.05, 3.63) is 70.9 Å². The first-order chi connectivity index (χ1) is 15.6. The van der Waals surface area contributed by atoms with Crippen molar-refractivity contribution in [3.8, 4) is 22.4 Å². The third kappa shape index (κ3) is 5.25. The molecule has 4 rings (SSSR count). The molecule has 0 N–H and O–H groups in total. The molecule has 1 aliphatic heterocycles. The maximum atomic E-state index is 14.5. The standard InChI is InChI=1S/C27H29ClFN3O/c1-17-8-11-32(12-9-17)26(33)19-5-6-21(22(28)13-19)23-14-20(16-25(29)31-23)18-7-10-30-24(15-18)27(2,3)4/h5-7,10,13-17H,8-9,11-12H2,1-4H3. The molecule has 0 saturated carbocycles. The second kappa shape index (κ2) is 9.22. The smallest absolute Gasteiger partial charge is 0.253 e. The number of carbonyl (C=O) groups excluding carboxylic acids is 1. The summed E-state index contributed by atoms with van der Waals surface area (Å²) in [4.78, 5) is 23.3. The predicted octanol–water partition coefficient (Wildman–Crippen LogP) is 6.77. The lowest BCUT2D eigenvalue weighted by atomic mass is 9.90. The quantitative estimate of drug-likeness (QED) is 0.401. The molecule has 4 nitrogen and oxygen atoms in total. The number of rotatable bonds is 3. The van der Waals surface area contributed by atoms with Gasteiger partial charge in [-0.15, -0.1) is 0 Å². The number of halogens is 2. The molecule has 3 heterocycles. The summed E-state index contributed by atoms with van der Waals surface area (Å²) in [6.07, 6.45) is 3.77. The summed E-state index contributed by atoms with van der Waals surface area (Å²) >= 11 is 6.56. The van der Waals surface area contributed by atoms with E-state index in [9.17, 15) is 9.18 Å². The highest BCUT2D eigenvalue weighted by Crippen LogP contribution is 2.32. The van der Waals surface area contributed by atoms with E-state index in [4.69, 9.17) is 11.6 Å². The molecule has 1 amide bonds. The Morgan fingerprint density at radius 1 is 1.06 bits per heavy atom. The Kier molecular flexibility index (Phi) is 6.53. The average Bonchev–Trinajstić information content (AvgIpc) is 2.78. The lowest BCUT2D eigenvalue weighted by Crippen LogP contribution is -2.37. The summed E-state index contributed by atoms with van der Waals surface area (Å²) in [6, 6.07) is 12.2. The molecule has 6 heteroatoms. The molecule has 1 saturated heterocycles. The van der Waals surface area contributed by atoms with Gasteiger partial charge in [-0.25, -0.2) is 4.98 Å². The monoisotopic (exact) mass is 465 g/mol. The van der Waals surface area contributed by atoms with Crippen LogP contribution >= 0.6 is 11.6 Å². The fourth-order valence-corrected chi connectivity index (χ4v) is 4.35. The summed E-state index contributed by atoms with van der Waals surface area (Å²) in [7, 11) is 0. The summed E-state index contributed by atoms with van der Waals surface area (Å²) in [5.74, 6) is 0.0400. The maximum Gasteiger partial charge on any atom is 0.253 e. The molecule has 3 aromatic rings. The molecular formula is C27H29ClFN3O. The molecule has 0 aliphatic carbocycles. The van der Waals surface area contributed by atoms with Gasteiger partial charge in [-0.05, 0) is 60.2 Å². The van der Waals surface area contributed by atoms with Crippen LogP contribution in [0.5, 0.6) is 0 Å². The minimum Gasteiger partial charge on any atom is -0.339 e. The van der Waals surface area contributed by atoms with E-state index in [0.29, 0.717) is 33.3 Å². The van der Waals surface area contributed by atoms with Crippen LogP contribution in [-0.2, 0) is 5.41 Å². The molecule has 0 radical (unpaired) electrons. The van der Waals surface area contributed by atoms with E-state index in [0.717, 1.165) is 37.2 Å². The van der Waals surface area contributed by atoms with Crippen LogP contribution in [-0.4, -0.2) is 33.9 Å². The largest absolute Gasteiger partial charge is 0.339 e. The Morgan fingerprint density at radius 3 is 2.45 bits per heavy atom. The molecule has 1 fully saturated rings. The topological polar surface area (TPSA) is 46.1 Å². The van der Waals surface area contributed by atoms with Crippen molar-refractivity contribution in [2.24, 2.45) is 5.92 Å². The van der Waals surface area contributed by atoms with Gasteiger partial charge in [0.1, 0.15) is 0 Å². The molecule has 2 aromatic heterocycles. The maximum absolute atomic E-state index is 14.5. The zero-order chi connectivity index (χ0) is 23.8. The van der Waals surface area contributed by atoms with E-state index >= 15 is 0 Å². The van der Waals surface area contributed by atoms with Gasteiger partial charge >= 0.3 is 0 Å². The number of hydrogen-bond donors (Lipinski definition) is 0. The molecule has 0 unspecified atom stereocenters. The van der Waals surface area contributed by atoms with E-state index in [1.807, 2.05) is 23.1 Å². The van der Waals surface area contributed by atoms with Crippen LogP contribution in [0.15, 0.2) is 48.7 Å². The van der Waals surface area contributed by atoms with Crippen LogP contribution < -0.4 is 0 Å². The first-order valence-corrected chi connectivity index (χ1v) is 11.7. The Labute approximate surface area is 199 Å². The number of piperidine rings is 1. The summed E-state index contributed by atoms with van der Waals surface area (Å²) < 4.78 is 14.5. The van der Waals surface area contributed by atoms with Gasteiger partial charge in [-0.2, -0.15) is 4.39 Å². The third-order valence-electron chi connectivity index (χ3n) is 6.22. The van der Waals surface area contributed by atoms with Crippen molar-refractivity contribution in [1.82, 2.24) is 14.9 Å². The van der Waals surface area contributed by atoms with Gasteiger partial charge in [0.25, 0.3) is 5.91 Å². The van der Waals surface area contributed by atoms with Gasteiger partial charge in [0.05, 0.1) is 10.7 Å². The number of carbonyl (C=O) groups is 1. The Balaban J connectivity index is 1.65. The van der Waals surface area contributed by atoms with Gasteiger partial charge in [0, 0.05) is 47.6 Å². The van der Waals surface area contributed by atoms with E-state index in [-0.39, 0.29) is 11.3 Å². The second-order valence-corrected chi connectivity index (χ2v) is 10.3. The zero-order valence-electron chi connectivity index (χ0n) is 19.5. The van der Waals surface area contributed by atoms with E-state index in [1.54, 1.807) is 24.4 Å². The zero-order valence-corrected chi connectivity index (χ0v) is 20.3. The normalized spacial score (nSPS) is 15.0. The Morgan fingerprint density at radius 2 is 1.79 bits per heavy atom. The molecule has 0 spiro atoms. The number of amides is 1. The van der Waals surface area contributed by atoms with Crippen molar-refractivity contribution in [2.75, 3.05) is 13.1 Å². The van der Waals surface area contributed by atoms with Gasteiger partial charge < -0.3 is 4.90 Å². The fraction of sp³-hybridized carbons (Fsp3) is 0.370. The molecule has 0 bridgehead atoms. The van der Waals surface area contributed by atoms with Crippen molar-refractivity contribution in [3.63, 3.8) is 0 Å². The van der Waals surface area contributed by atoms with Crippen LogP contribution in [0, 0.1) is 11.9 Å². The Bertz CT molecular complexity index is 1180. The van der Waals surface area contributed by atoms with Crippen LogP contribution in [0.1, 0.15) is 56.6 Å². The van der Waals surface area contributed by atoms with Gasteiger partial charge in [-0.1, -0.05) is 45.4 Å². The SMILES string of the molecule is CC1CCN(C(=O)c2ccc(-c3cc(-c4ccnc(C(C)(C)C)c4)cc(F)n3)c(Cl)c2)CC1. The molecule has 33 heavy (non-hydrogen) atoms. The van der Waals surface area contributed by atoms with Crippen LogP contribution in [0.3, 0.4) is 0 Å². The number of nitrogens with zero attached hydrogens (tertiary/aromatic N) is 3. The number of hydrogen-bond acceptors (Lipinski definition) is 3. The third-order valence-corrected chi connectivity index (χ3v) is 6.53. The highest BCUT2D eigenvalue weighted by molar-refractivity contribution is 6.33. The van der Waals surface area contributed by atoms with Gasteiger partial charge in [-0.3, -0.25) is 9.78 Å². The first-order valence-electron chi connectivity index (χ1n) is 11.4. The van der Waals surface area contributed by atoms with Gasteiger partial charge in [0.2, 0.25) is 5.95 Å². The number of pyridine rings is 2. The number of aromatic nitrogens is 2. The van der Waals surface area contributed by atoms with Crippen LogP contribution in [0.4, 0.5) is 4.39 Å². The van der Waals surface area contributed by atoms with E-state index < -0.39 is 5.95 Å². The minimum atomic E-state index is -0.588. The van der Waals surface area contributed by atoms with Crippen molar-refractivity contribution >= 4 is 17.5 Å². The molecule has 1 aliphatic rings. The summed E-state index contributed by atoms with van der Waals surface area (Å²) in [5, 5.41) is 0.375. The highest BCUT2D eigenvalue weighted by atomic mass is 35.5. The van der Waals surface area contributed by atoms with Crippen LogP contribution in [0.25, 0.3) is 22.4 Å². The fourth-order valence-electron chi connectivity index (χ4n) is 4.07. The lowest BCUT2D eigenvalue weighted by molar-refractivity contribution is 0.0697. The minimum absolute atomic E-state index is 0.0188. The average molecular weight is 466 g/mol. The second-order valence-electron chi connectivity index (χ2n) is 9.91. The van der Waals surface area contributed by atoms with Crippen molar-refractivity contribution < 1.29 is 9.18 Å². The van der Waals surface area contributed by atoms with Gasteiger partial charge in [0.15, 0.2) is 0 Å². The van der Waals surface area contributed by atoms with E-state index in [1.165, 1.54) is 6.07 Å². The lowest BCUT2D eigenvalue weighted by Gasteiger charge is -2.30. The van der Waals surface area contributed by atoms with E-state index in [2.05, 4.69) is 37.7 Å². The predicted molar refractivity (Wildman–Crippen MR) is 131 cm³/mol. The highest BCUT2D eigenvalue weighted by Gasteiger charge is 2.22. The first kappa shape index (κ1) is 23.4. The number of benzene rings is 1. The molecular weight excluding hydrogens is 437 g/mol. The molecule has 1 aromatic carbocycles. The molecule has 172 valence electrons. The van der Waals surface area contributed by atoms with Crippen molar-refractivity contribution in [2.45, 2.75) is 46.0 Å². The van der Waals surface area contributed by atoms with Crippen LogP contribution in [0.2, 0.25) is 5.02 Å². The molecule has 0 atom stereocenters. The summed E-state index contributed by atoms with van der Waals surface area (Å²) in [5.41, 5.74) is 3.92.